The average Bonchev–Trinajstić information content (AvgIpc) is 2.08. The molecule has 0 heterocycles. The van der Waals surface area contributed by atoms with Crippen molar-refractivity contribution in [2.45, 2.75) is 26.7 Å². The quantitative estimate of drug-likeness (QED) is 0.657. The lowest BCUT2D eigenvalue weighted by Crippen LogP contribution is -2.16. The summed E-state index contributed by atoms with van der Waals surface area (Å²) >= 11 is 0. The van der Waals surface area contributed by atoms with Crippen molar-refractivity contribution < 1.29 is 19.8 Å². The Morgan fingerprint density at radius 3 is 1.43 bits per heavy atom. The molecule has 0 fully saturated rings. The van der Waals surface area contributed by atoms with Gasteiger partial charge in [-0.05, 0) is 13.8 Å². The lowest BCUT2D eigenvalue weighted by Gasteiger charge is -2.17. The van der Waals surface area contributed by atoms with Crippen molar-refractivity contribution in [3.63, 3.8) is 0 Å². The van der Waals surface area contributed by atoms with Gasteiger partial charge in [0.25, 0.3) is 0 Å². The van der Waals surface area contributed by atoms with E-state index in [9.17, 15) is 9.59 Å². The highest BCUT2D eigenvalue weighted by molar-refractivity contribution is 6.00. The lowest BCUT2D eigenvalue weighted by atomic mass is 9.87. The highest BCUT2D eigenvalue weighted by Gasteiger charge is 2.24. The van der Waals surface area contributed by atoms with Gasteiger partial charge in [0.15, 0.2) is 0 Å². The fourth-order valence-electron chi connectivity index (χ4n) is 1.45. The zero-order valence-electron chi connectivity index (χ0n) is 8.13. The molecule has 0 aromatic heterocycles. The van der Waals surface area contributed by atoms with Crippen LogP contribution in [0.15, 0.2) is 22.3 Å². The fraction of sp³-hybridized carbons (Fsp3) is 0.400. The van der Waals surface area contributed by atoms with Crippen LogP contribution in [-0.2, 0) is 9.59 Å². The summed E-state index contributed by atoms with van der Waals surface area (Å²) < 4.78 is 0. The molecule has 0 radical (unpaired) electrons. The van der Waals surface area contributed by atoms with E-state index in [0.717, 1.165) is 11.1 Å². The predicted octanol–water partition coefficient (Wildman–Crippen LogP) is 1.58. The van der Waals surface area contributed by atoms with Crippen LogP contribution in [0.5, 0.6) is 0 Å². The van der Waals surface area contributed by atoms with Gasteiger partial charge in [-0.1, -0.05) is 11.1 Å². The maximum atomic E-state index is 10.8. The molecule has 76 valence electrons. The molecular formula is C10H12O4. The van der Waals surface area contributed by atoms with Gasteiger partial charge < -0.3 is 10.2 Å². The molecule has 14 heavy (non-hydrogen) atoms. The van der Waals surface area contributed by atoms with E-state index in [2.05, 4.69) is 0 Å². The first-order chi connectivity index (χ1) is 6.43. The minimum atomic E-state index is -1.13. The number of carboxylic acid groups (broad SMARTS) is 2. The van der Waals surface area contributed by atoms with Gasteiger partial charge in [0.2, 0.25) is 0 Å². The van der Waals surface area contributed by atoms with E-state index in [0.29, 0.717) is 0 Å². The van der Waals surface area contributed by atoms with Crippen LogP contribution in [0.3, 0.4) is 0 Å². The van der Waals surface area contributed by atoms with Crippen LogP contribution in [0.25, 0.3) is 0 Å². The zero-order valence-corrected chi connectivity index (χ0v) is 8.13. The Bertz CT molecular complexity index is 326. The molecule has 0 saturated heterocycles. The van der Waals surface area contributed by atoms with Crippen molar-refractivity contribution in [1.29, 1.82) is 0 Å². The molecule has 4 nitrogen and oxygen atoms in total. The van der Waals surface area contributed by atoms with E-state index < -0.39 is 11.9 Å². The largest absolute Gasteiger partial charge is 0.478 e. The first-order valence-corrected chi connectivity index (χ1v) is 4.27. The van der Waals surface area contributed by atoms with E-state index in [1.54, 1.807) is 0 Å². The minimum Gasteiger partial charge on any atom is -0.478 e. The van der Waals surface area contributed by atoms with Crippen LogP contribution >= 0.6 is 0 Å². The second-order valence-electron chi connectivity index (χ2n) is 3.48. The second-order valence-corrected chi connectivity index (χ2v) is 3.48. The highest BCUT2D eigenvalue weighted by atomic mass is 16.4. The minimum absolute atomic E-state index is 0.0144. The SMILES string of the molecule is CC1=C(C)CC(C(=O)O)=C(C(=O)O)C1. The van der Waals surface area contributed by atoms with E-state index in [1.807, 2.05) is 13.8 Å². The first kappa shape index (κ1) is 10.5. The van der Waals surface area contributed by atoms with Gasteiger partial charge in [-0.15, -0.1) is 0 Å². The lowest BCUT2D eigenvalue weighted by molar-refractivity contribution is -0.136. The molecule has 1 aliphatic rings. The van der Waals surface area contributed by atoms with Crippen molar-refractivity contribution >= 4 is 11.9 Å². The number of carboxylic acids is 2. The van der Waals surface area contributed by atoms with Crippen LogP contribution in [0.4, 0.5) is 0 Å². The standard InChI is InChI=1S/C10H12O4/c1-5-3-7(9(11)12)8(10(13)14)4-6(5)2/h3-4H2,1-2H3,(H,11,12)(H,13,14). The molecule has 0 amide bonds. The number of hydrogen-bond acceptors (Lipinski definition) is 2. The predicted molar refractivity (Wildman–Crippen MR) is 49.9 cm³/mol. The molecule has 1 rings (SSSR count). The molecule has 0 bridgehead atoms. The van der Waals surface area contributed by atoms with Crippen LogP contribution in [-0.4, -0.2) is 22.2 Å². The summed E-state index contributed by atoms with van der Waals surface area (Å²) in [5.41, 5.74) is 1.93. The van der Waals surface area contributed by atoms with Crippen LogP contribution < -0.4 is 0 Å². The Balaban J connectivity index is 3.12. The van der Waals surface area contributed by atoms with E-state index in [-0.39, 0.29) is 24.0 Å². The average molecular weight is 196 g/mol. The van der Waals surface area contributed by atoms with Crippen LogP contribution in [0.2, 0.25) is 0 Å². The van der Waals surface area contributed by atoms with Gasteiger partial charge in [0.05, 0.1) is 11.1 Å². The van der Waals surface area contributed by atoms with Gasteiger partial charge >= 0.3 is 11.9 Å². The van der Waals surface area contributed by atoms with Gasteiger partial charge in [-0.2, -0.15) is 0 Å². The second kappa shape index (κ2) is 3.65. The number of aliphatic carboxylic acids is 2. The van der Waals surface area contributed by atoms with Gasteiger partial charge in [0.1, 0.15) is 0 Å². The number of rotatable bonds is 2. The van der Waals surface area contributed by atoms with Crippen molar-refractivity contribution in [1.82, 2.24) is 0 Å². The normalized spacial score (nSPS) is 17.3. The Morgan fingerprint density at radius 2 is 1.21 bits per heavy atom. The highest BCUT2D eigenvalue weighted by Crippen LogP contribution is 2.29. The Kier molecular flexibility index (Phi) is 2.74. The monoisotopic (exact) mass is 196 g/mol. The smallest absolute Gasteiger partial charge is 0.332 e. The molecule has 0 saturated carbocycles. The van der Waals surface area contributed by atoms with Gasteiger partial charge in [0, 0.05) is 12.8 Å². The van der Waals surface area contributed by atoms with Crippen molar-refractivity contribution in [2.75, 3.05) is 0 Å². The Labute approximate surface area is 81.6 Å². The third-order valence-electron chi connectivity index (χ3n) is 2.49. The topological polar surface area (TPSA) is 74.6 Å². The van der Waals surface area contributed by atoms with Gasteiger partial charge in [-0.25, -0.2) is 9.59 Å². The summed E-state index contributed by atoms with van der Waals surface area (Å²) in [4.78, 5) is 21.6. The molecule has 0 atom stereocenters. The molecule has 4 heteroatoms. The number of hydrogen-bond donors (Lipinski definition) is 2. The molecule has 0 spiro atoms. The molecule has 0 aromatic carbocycles. The summed E-state index contributed by atoms with van der Waals surface area (Å²) in [6, 6.07) is 0. The number of carbonyl (C=O) groups is 2. The van der Waals surface area contributed by atoms with Crippen molar-refractivity contribution in [2.24, 2.45) is 0 Å². The molecule has 0 unspecified atom stereocenters. The number of allylic oxidation sites excluding steroid dienone is 2. The molecule has 0 aromatic rings. The molecule has 0 aliphatic heterocycles. The first-order valence-electron chi connectivity index (χ1n) is 4.27. The van der Waals surface area contributed by atoms with E-state index >= 15 is 0 Å². The Hall–Kier alpha value is -1.58. The Morgan fingerprint density at radius 1 is 0.929 bits per heavy atom. The summed E-state index contributed by atoms with van der Waals surface area (Å²) in [5, 5.41) is 17.6. The van der Waals surface area contributed by atoms with Crippen molar-refractivity contribution in [3.05, 3.63) is 22.3 Å². The van der Waals surface area contributed by atoms with Crippen LogP contribution in [0.1, 0.15) is 26.7 Å². The summed E-state index contributed by atoms with van der Waals surface area (Å²) in [6.45, 7) is 3.66. The maximum Gasteiger partial charge on any atom is 0.332 e. The third kappa shape index (κ3) is 1.84. The van der Waals surface area contributed by atoms with Crippen molar-refractivity contribution in [3.8, 4) is 0 Å². The molecule has 1 aliphatic carbocycles. The third-order valence-corrected chi connectivity index (χ3v) is 2.49. The summed E-state index contributed by atoms with van der Waals surface area (Å²) in [6.07, 6.45) is 0.478. The van der Waals surface area contributed by atoms with E-state index in [4.69, 9.17) is 10.2 Å². The summed E-state index contributed by atoms with van der Waals surface area (Å²) in [5.74, 6) is -2.26. The van der Waals surface area contributed by atoms with Crippen LogP contribution in [0, 0.1) is 0 Å². The van der Waals surface area contributed by atoms with E-state index in [1.165, 1.54) is 0 Å². The van der Waals surface area contributed by atoms with Gasteiger partial charge in [-0.3, -0.25) is 0 Å². The summed E-state index contributed by atoms with van der Waals surface area (Å²) in [7, 11) is 0. The molecular weight excluding hydrogens is 184 g/mol. The molecule has 2 N–H and O–H groups in total. The maximum absolute atomic E-state index is 10.8. The fourth-order valence-corrected chi connectivity index (χ4v) is 1.45. The zero-order chi connectivity index (χ0) is 10.9.